The second kappa shape index (κ2) is 10.4. The van der Waals surface area contributed by atoms with Gasteiger partial charge in [0.25, 0.3) is 0 Å². The molecule has 1 saturated carbocycles. The molecule has 1 aromatic rings. The lowest BCUT2D eigenvalue weighted by Crippen LogP contribution is -2.47. The smallest absolute Gasteiger partial charge is 0.131 e. The van der Waals surface area contributed by atoms with Gasteiger partial charge < -0.3 is 10.1 Å². The molecule has 1 heterocycles. The molecule has 1 saturated heterocycles. The molecule has 1 atom stereocenters. The first-order chi connectivity index (χ1) is 10.8. The second-order valence-corrected chi connectivity index (χ2v) is 6.48. The van der Waals surface area contributed by atoms with Crippen molar-refractivity contribution >= 4 is 24.8 Å². The van der Waals surface area contributed by atoms with Crippen LogP contribution in [0.5, 0.6) is 5.75 Å². The van der Waals surface area contributed by atoms with Crippen LogP contribution >= 0.6 is 24.8 Å². The Bertz CT molecular complexity index is 474. The van der Waals surface area contributed by atoms with E-state index in [1.165, 1.54) is 32.1 Å². The van der Waals surface area contributed by atoms with Crippen molar-refractivity contribution in [1.29, 1.82) is 0 Å². The third kappa shape index (κ3) is 4.75. The van der Waals surface area contributed by atoms with Crippen molar-refractivity contribution in [1.82, 2.24) is 10.2 Å². The Labute approximate surface area is 157 Å². The predicted octanol–water partition coefficient (Wildman–Crippen LogP) is 4.20. The maximum atomic E-state index is 14.7. The molecule has 0 aromatic heterocycles. The minimum atomic E-state index is -0.117. The first-order valence-corrected chi connectivity index (χ1v) is 8.58. The molecule has 0 amide bonds. The van der Waals surface area contributed by atoms with E-state index in [0.29, 0.717) is 11.7 Å². The number of piperazine rings is 1. The van der Waals surface area contributed by atoms with Gasteiger partial charge in [-0.15, -0.1) is 24.8 Å². The van der Waals surface area contributed by atoms with E-state index >= 15 is 0 Å². The summed E-state index contributed by atoms with van der Waals surface area (Å²) in [6.45, 7) is 3.94. The Kier molecular flexibility index (Phi) is 9.35. The predicted molar refractivity (Wildman–Crippen MR) is 101 cm³/mol. The average molecular weight is 379 g/mol. The van der Waals surface area contributed by atoms with Crippen LogP contribution in [0, 0.1) is 11.7 Å². The van der Waals surface area contributed by atoms with Crippen LogP contribution in [0.2, 0.25) is 0 Å². The Balaban J connectivity index is 0.00000144. The highest BCUT2D eigenvalue weighted by atomic mass is 35.5. The van der Waals surface area contributed by atoms with Gasteiger partial charge in [0.2, 0.25) is 0 Å². The Morgan fingerprint density at radius 3 is 2.42 bits per heavy atom. The van der Waals surface area contributed by atoms with Crippen molar-refractivity contribution in [2.45, 2.75) is 38.1 Å². The van der Waals surface area contributed by atoms with Crippen LogP contribution in [0.15, 0.2) is 18.2 Å². The standard InChI is InChI=1S/C18H27FN2O.2ClH/c1-22-16-9-5-8-15(19)17(16)18(14-6-3-2-4-7-14)21-12-10-20-11-13-21;;/h5,8-9,14,18,20H,2-4,6-7,10-13H2,1H3;2*1H/t18-;;/m0../s1. The van der Waals surface area contributed by atoms with Crippen LogP contribution in [-0.4, -0.2) is 38.2 Å². The quantitative estimate of drug-likeness (QED) is 0.849. The zero-order chi connectivity index (χ0) is 15.4. The van der Waals surface area contributed by atoms with Gasteiger partial charge in [0.1, 0.15) is 11.6 Å². The number of hydrogen-bond donors (Lipinski definition) is 1. The summed E-state index contributed by atoms with van der Waals surface area (Å²) >= 11 is 0. The SMILES string of the molecule is COc1cccc(F)c1[C@H](C1CCCCC1)N1CCNCC1.Cl.Cl. The summed E-state index contributed by atoms with van der Waals surface area (Å²) in [6.07, 6.45) is 6.26. The van der Waals surface area contributed by atoms with E-state index < -0.39 is 0 Å². The maximum absolute atomic E-state index is 14.7. The number of rotatable bonds is 4. The van der Waals surface area contributed by atoms with Crippen molar-refractivity contribution in [3.8, 4) is 5.75 Å². The molecule has 138 valence electrons. The number of benzene rings is 1. The average Bonchev–Trinajstić information content (AvgIpc) is 2.58. The summed E-state index contributed by atoms with van der Waals surface area (Å²) < 4.78 is 20.2. The van der Waals surface area contributed by atoms with Crippen LogP contribution in [0.4, 0.5) is 4.39 Å². The van der Waals surface area contributed by atoms with Crippen LogP contribution in [0.1, 0.15) is 43.7 Å². The molecule has 6 heteroatoms. The molecule has 3 rings (SSSR count). The molecule has 0 bridgehead atoms. The Morgan fingerprint density at radius 2 is 1.79 bits per heavy atom. The molecule has 1 N–H and O–H groups in total. The molecule has 2 fully saturated rings. The fourth-order valence-corrected chi connectivity index (χ4v) is 4.11. The third-order valence-electron chi connectivity index (χ3n) is 5.17. The van der Waals surface area contributed by atoms with E-state index in [1.807, 2.05) is 6.07 Å². The summed E-state index contributed by atoms with van der Waals surface area (Å²) in [5.41, 5.74) is 0.777. The van der Waals surface area contributed by atoms with Crippen molar-refractivity contribution in [3.63, 3.8) is 0 Å². The van der Waals surface area contributed by atoms with Crippen molar-refractivity contribution in [2.75, 3.05) is 33.3 Å². The lowest BCUT2D eigenvalue weighted by atomic mass is 9.79. The molecule has 1 aliphatic heterocycles. The number of methoxy groups -OCH3 is 1. The first kappa shape index (κ1) is 21.5. The van der Waals surface area contributed by atoms with Gasteiger partial charge in [0, 0.05) is 37.8 Å². The van der Waals surface area contributed by atoms with E-state index in [1.54, 1.807) is 19.2 Å². The lowest BCUT2D eigenvalue weighted by molar-refractivity contribution is 0.0983. The third-order valence-corrected chi connectivity index (χ3v) is 5.17. The highest BCUT2D eigenvalue weighted by Crippen LogP contribution is 2.42. The molecule has 1 aromatic carbocycles. The zero-order valence-corrected chi connectivity index (χ0v) is 15.9. The van der Waals surface area contributed by atoms with Gasteiger partial charge >= 0.3 is 0 Å². The summed E-state index contributed by atoms with van der Waals surface area (Å²) in [5.74, 6) is 1.13. The van der Waals surface area contributed by atoms with Crippen molar-refractivity contribution in [2.24, 2.45) is 5.92 Å². The topological polar surface area (TPSA) is 24.5 Å². The van der Waals surface area contributed by atoms with E-state index in [4.69, 9.17) is 4.74 Å². The largest absolute Gasteiger partial charge is 0.496 e. The number of hydrogen-bond acceptors (Lipinski definition) is 3. The first-order valence-electron chi connectivity index (χ1n) is 8.58. The van der Waals surface area contributed by atoms with E-state index in [0.717, 1.165) is 31.7 Å². The monoisotopic (exact) mass is 378 g/mol. The van der Waals surface area contributed by atoms with E-state index in [-0.39, 0.29) is 36.7 Å². The Hall–Kier alpha value is -0.550. The molecule has 24 heavy (non-hydrogen) atoms. The number of ether oxygens (including phenoxy) is 1. The molecular weight excluding hydrogens is 350 g/mol. The molecule has 1 aliphatic carbocycles. The lowest BCUT2D eigenvalue weighted by Gasteiger charge is -2.41. The minimum Gasteiger partial charge on any atom is -0.496 e. The second-order valence-electron chi connectivity index (χ2n) is 6.48. The van der Waals surface area contributed by atoms with Crippen LogP contribution in [-0.2, 0) is 0 Å². The Morgan fingerprint density at radius 1 is 1.12 bits per heavy atom. The van der Waals surface area contributed by atoms with E-state index in [2.05, 4.69) is 10.2 Å². The summed E-state index contributed by atoms with van der Waals surface area (Å²) in [6, 6.07) is 5.37. The minimum absolute atomic E-state index is 0. The van der Waals surface area contributed by atoms with E-state index in [9.17, 15) is 4.39 Å². The maximum Gasteiger partial charge on any atom is 0.131 e. The summed E-state index contributed by atoms with van der Waals surface area (Å²) in [7, 11) is 1.65. The summed E-state index contributed by atoms with van der Waals surface area (Å²) in [4.78, 5) is 2.47. The highest BCUT2D eigenvalue weighted by molar-refractivity contribution is 5.85. The van der Waals surface area contributed by atoms with Crippen LogP contribution in [0.25, 0.3) is 0 Å². The molecule has 0 unspecified atom stereocenters. The van der Waals surface area contributed by atoms with Gasteiger partial charge in [-0.2, -0.15) is 0 Å². The number of nitrogens with one attached hydrogen (secondary N) is 1. The van der Waals surface area contributed by atoms with Crippen molar-refractivity contribution < 1.29 is 9.13 Å². The number of halogens is 3. The summed E-state index contributed by atoms with van der Waals surface area (Å²) in [5, 5.41) is 3.40. The van der Waals surface area contributed by atoms with Crippen LogP contribution in [0.3, 0.4) is 0 Å². The fourth-order valence-electron chi connectivity index (χ4n) is 4.11. The molecular formula is C18H29Cl2FN2O. The molecule has 0 radical (unpaired) electrons. The van der Waals surface area contributed by atoms with Gasteiger partial charge in [0.15, 0.2) is 0 Å². The normalized spacial score (nSPS) is 20.6. The molecule has 3 nitrogen and oxygen atoms in total. The highest BCUT2D eigenvalue weighted by Gasteiger charge is 2.34. The van der Waals surface area contributed by atoms with Gasteiger partial charge in [-0.25, -0.2) is 4.39 Å². The van der Waals surface area contributed by atoms with Gasteiger partial charge in [-0.05, 0) is 30.9 Å². The van der Waals surface area contributed by atoms with Gasteiger partial charge in [0.05, 0.1) is 7.11 Å². The molecule has 2 aliphatic rings. The molecule has 0 spiro atoms. The van der Waals surface area contributed by atoms with Gasteiger partial charge in [-0.3, -0.25) is 4.90 Å². The van der Waals surface area contributed by atoms with Gasteiger partial charge in [-0.1, -0.05) is 25.3 Å². The fraction of sp³-hybridized carbons (Fsp3) is 0.667. The van der Waals surface area contributed by atoms with Crippen LogP contribution < -0.4 is 10.1 Å². The van der Waals surface area contributed by atoms with Crippen molar-refractivity contribution in [3.05, 3.63) is 29.6 Å². The number of nitrogens with zero attached hydrogens (tertiary/aromatic N) is 1. The zero-order valence-electron chi connectivity index (χ0n) is 14.3.